The van der Waals surface area contributed by atoms with Crippen LogP contribution >= 0.6 is 12.6 Å². The summed E-state index contributed by atoms with van der Waals surface area (Å²) in [5.74, 6) is 1.93. The highest BCUT2D eigenvalue weighted by atomic mass is 32.1. The van der Waals surface area contributed by atoms with E-state index < -0.39 is 0 Å². The zero-order valence-corrected chi connectivity index (χ0v) is 9.73. The van der Waals surface area contributed by atoms with E-state index in [1.165, 1.54) is 51.7 Å². The van der Waals surface area contributed by atoms with Crippen molar-refractivity contribution in [3.8, 4) is 0 Å². The molecular formula is C11H23NS. The van der Waals surface area contributed by atoms with Crippen LogP contribution in [0.15, 0.2) is 0 Å². The van der Waals surface area contributed by atoms with Gasteiger partial charge in [0.15, 0.2) is 0 Å². The molecule has 1 nitrogen and oxygen atoms in total. The molecule has 0 aromatic rings. The van der Waals surface area contributed by atoms with Gasteiger partial charge in [-0.15, -0.1) is 0 Å². The lowest BCUT2D eigenvalue weighted by Crippen LogP contribution is -2.23. The molecule has 0 aromatic carbocycles. The zero-order valence-electron chi connectivity index (χ0n) is 8.84. The van der Waals surface area contributed by atoms with E-state index >= 15 is 0 Å². The Morgan fingerprint density at radius 1 is 1.23 bits per heavy atom. The van der Waals surface area contributed by atoms with Crippen molar-refractivity contribution in [1.82, 2.24) is 4.90 Å². The lowest BCUT2D eigenvalue weighted by Gasteiger charge is -2.19. The minimum atomic E-state index is 0.855. The normalized spacial score (nSPS) is 20.8. The lowest BCUT2D eigenvalue weighted by atomic mass is 10.0. The minimum Gasteiger partial charge on any atom is -0.303 e. The summed E-state index contributed by atoms with van der Waals surface area (Å²) in [5, 5.41) is 0. The SMILES string of the molecule is CCCC(CS)CCN1CCCC1. The van der Waals surface area contributed by atoms with Gasteiger partial charge in [0.1, 0.15) is 0 Å². The highest BCUT2D eigenvalue weighted by molar-refractivity contribution is 7.80. The first-order valence-electron chi connectivity index (χ1n) is 5.70. The van der Waals surface area contributed by atoms with Crippen LogP contribution in [-0.4, -0.2) is 30.3 Å². The summed E-state index contributed by atoms with van der Waals surface area (Å²) in [6.07, 6.45) is 6.86. The van der Waals surface area contributed by atoms with Gasteiger partial charge in [-0.3, -0.25) is 0 Å². The summed E-state index contributed by atoms with van der Waals surface area (Å²) in [4.78, 5) is 2.60. The van der Waals surface area contributed by atoms with Crippen LogP contribution in [0.25, 0.3) is 0 Å². The lowest BCUT2D eigenvalue weighted by molar-refractivity contribution is 0.304. The molecule has 0 spiro atoms. The summed E-state index contributed by atoms with van der Waals surface area (Å²) in [6.45, 7) is 6.26. The van der Waals surface area contributed by atoms with E-state index in [0.29, 0.717) is 0 Å². The van der Waals surface area contributed by atoms with Crippen LogP contribution in [0.3, 0.4) is 0 Å². The number of nitrogens with zero attached hydrogens (tertiary/aromatic N) is 1. The summed E-state index contributed by atoms with van der Waals surface area (Å²) < 4.78 is 0. The second kappa shape index (κ2) is 6.72. The minimum absolute atomic E-state index is 0.855. The molecule has 1 aliphatic rings. The van der Waals surface area contributed by atoms with E-state index in [4.69, 9.17) is 0 Å². The average molecular weight is 201 g/mol. The second-order valence-corrected chi connectivity index (χ2v) is 4.54. The molecule has 1 aliphatic heterocycles. The Bertz CT molecular complexity index is 121. The Hall–Kier alpha value is 0.310. The predicted molar refractivity (Wildman–Crippen MR) is 62.5 cm³/mol. The molecule has 0 bridgehead atoms. The molecule has 0 aromatic heterocycles. The highest BCUT2D eigenvalue weighted by Crippen LogP contribution is 2.15. The van der Waals surface area contributed by atoms with Crippen LogP contribution in [0.2, 0.25) is 0 Å². The number of hydrogen-bond donors (Lipinski definition) is 1. The maximum absolute atomic E-state index is 4.41. The molecule has 1 atom stereocenters. The van der Waals surface area contributed by atoms with Crippen LogP contribution in [-0.2, 0) is 0 Å². The first-order chi connectivity index (χ1) is 6.36. The van der Waals surface area contributed by atoms with Gasteiger partial charge in [-0.05, 0) is 57.0 Å². The Morgan fingerprint density at radius 3 is 2.46 bits per heavy atom. The molecule has 1 rings (SSSR count). The summed E-state index contributed by atoms with van der Waals surface area (Å²) in [6, 6.07) is 0. The van der Waals surface area contributed by atoms with E-state index in [1.54, 1.807) is 0 Å². The largest absolute Gasteiger partial charge is 0.303 e. The van der Waals surface area contributed by atoms with Gasteiger partial charge in [0, 0.05) is 0 Å². The van der Waals surface area contributed by atoms with E-state index in [-0.39, 0.29) is 0 Å². The first kappa shape index (κ1) is 11.4. The van der Waals surface area contributed by atoms with Crippen molar-refractivity contribution in [2.75, 3.05) is 25.4 Å². The predicted octanol–water partition coefficient (Wildman–Crippen LogP) is 2.82. The van der Waals surface area contributed by atoms with E-state index in [2.05, 4.69) is 24.5 Å². The van der Waals surface area contributed by atoms with Gasteiger partial charge in [0.2, 0.25) is 0 Å². The third kappa shape index (κ3) is 4.37. The molecular weight excluding hydrogens is 178 g/mol. The average Bonchev–Trinajstić information content (AvgIpc) is 2.64. The van der Waals surface area contributed by atoms with E-state index in [1.807, 2.05) is 0 Å². The summed E-state index contributed by atoms with van der Waals surface area (Å²) in [5.41, 5.74) is 0. The van der Waals surface area contributed by atoms with Crippen molar-refractivity contribution in [2.24, 2.45) is 5.92 Å². The fraction of sp³-hybridized carbons (Fsp3) is 1.00. The maximum Gasteiger partial charge on any atom is -0.00158 e. The summed E-state index contributed by atoms with van der Waals surface area (Å²) in [7, 11) is 0. The molecule has 0 N–H and O–H groups in total. The van der Waals surface area contributed by atoms with Crippen LogP contribution in [0, 0.1) is 5.92 Å². The third-order valence-electron chi connectivity index (χ3n) is 3.01. The van der Waals surface area contributed by atoms with Crippen LogP contribution in [0.5, 0.6) is 0 Å². The second-order valence-electron chi connectivity index (χ2n) is 4.17. The molecule has 78 valence electrons. The molecule has 1 saturated heterocycles. The number of hydrogen-bond acceptors (Lipinski definition) is 2. The van der Waals surface area contributed by atoms with Crippen molar-refractivity contribution in [3.63, 3.8) is 0 Å². The van der Waals surface area contributed by atoms with Gasteiger partial charge in [-0.25, -0.2) is 0 Å². The van der Waals surface area contributed by atoms with Gasteiger partial charge in [-0.1, -0.05) is 13.3 Å². The van der Waals surface area contributed by atoms with Crippen molar-refractivity contribution in [2.45, 2.75) is 39.0 Å². The van der Waals surface area contributed by atoms with Crippen molar-refractivity contribution in [1.29, 1.82) is 0 Å². The Morgan fingerprint density at radius 2 is 1.92 bits per heavy atom. The fourth-order valence-electron chi connectivity index (χ4n) is 2.11. The molecule has 0 radical (unpaired) electrons. The molecule has 13 heavy (non-hydrogen) atoms. The highest BCUT2D eigenvalue weighted by Gasteiger charge is 2.13. The maximum atomic E-state index is 4.41. The smallest absolute Gasteiger partial charge is 0.00158 e. The fourth-order valence-corrected chi connectivity index (χ4v) is 2.47. The molecule has 2 heteroatoms. The Balaban J connectivity index is 2.07. The van der Waals surface area contributed by atoms with E-state index in [9.17, 15) is 0 Å². The topological polar surface area (TPSA) is 3.24 Å². The molecule has 1 unspecified atom stereocenters. The number of thiol groups is 1. The van der Waals surface area contributed by atoms with Crippen molar-refractivity contribution >= 4 is 12.6 Å². The van der Waals surface area contributed by atoms with Crippen molar-refractivity contribution in [3.05, 3.63) is 0 Å². The molecule has 0 aliphatic carbocycles. The quantitative estimate of drug-likeness (QED) is 0.647. The van der Waals surface area contributed by atoms with Crippen LogP contribution in [0.1, 0.15) is 39.0 Å². The molecule has 0 amide bonds. The van der Waals surface area contributed by atoms with Gasteiger partial charge < -0.3 is 4.90 Å². The number of rotatable bonds is 6. The zero-order chi connectivity index (χ0) is 9.52. The molecule has 1 heterocycles. The van der Waals surface area contributed by atoms with Crippen LogP contribution < -0.4 is 0 Å². The van der Waals surface area contributed by atoms with Gasteiger partial charge >= 0.3 is 0 Å². The van der Waals surface area contributed by atoms with Gasteiger partial charge in [-0.2, -0.15) is 12.6 Å². The first-order valence-corrected chi connectivity index (χ1v) is 6.33. The monoisotopic (exact) mass is 201 g/mol. The van der Waals surface area contributed by atoms with E-state index in [0.717, 1.165) is 11.7 Å². The van der Waals surface area contributed by atoms with Gasteiger partial charge in [0.05, 0.1) is 0 Å². The Labute approximate surface area is 88.3 Å². The molecule has 1 fully saturated rings. The number of likely N-dealkylation sites (tertiary alicyclic amines) is 1. The Kier molecular flexibility index (Phi) is 5.88. The summed E-state index contributed by atoms with van der Waals surface area (Å²) >= 11 is 4.41. The standard InChI is InChI=1S/C11H23NS/c1-2-5-11(10-13)6-9-12-7-3-4-8-12/h11,13H,2-10H2,1H3. The molecule has 0 saturated carbocycles. The van der Waals surface area contributed by atoms with Crippen molar-refractivity contribution < 1.29 is 0 Å². The van der Waals surface area contributed by atoms with Gasteiger partial charge in [0.25, 0.3) is 0 Å². The van der Waals surface area contributed by atoms with Crippen LogP contribution in [0.4, 0.5) is 0 Å². The third-order valence-corrected chi connectivity index (χ3v) is 3.52.